The van der Waals surface area contributed by atoms with E-state index in [0.717, 1.165) is 44.9 Å². The molecule has 3 heteroatoms. The molecule has 2 atom stereocenters. The molecule has 284 valence electrons. The first-order valence-corrected chi connectivity index (χ1v) is 21.1. The summed E-state index contributed by atoms with van der Waals surface area (Å²) in [6, 6.07) is 77.6. The standard InChI is InChI=1S/C58H37N3/c1-3-17-36(18-4-1)55-59-56(37-19-5-2-6-20-37)61-57(60-55)49-34-39-22-8-7-21-38(39)33-48(49)40-31-32-44-43-25-13-15-29-50(43)58(52(44)35-40)51-30-16-14-28-47(51)53-45-26-11-9-23-41(45)42-24-10-12-27-46(42)54(53)58/h1-35,55H,(H,59,60,61). The Kier molecular flexibility index (Phi) is 7.29. The molecule has 10 aromatic rings. The largest absolute Gasteiger partial charge is 0.324 e. The lowest BCUT2D eigenvalue weighted by atomic mass is 9.68. The van der Waals surface area contributed by atoms with Crippen LogP contribution in [0.2, 0.25) is 0 Å². The Morgan fingerprint density at radius 1 is 0.361 bits per heavy atom. The Labute approximate surface area is 354 Å². The monoisotopic (exact) mass is 775 g/mol. The first-order chi connectivity index (χ1) is 30.3. The zero-order valence-electron chi connectivity index (χ0n) is 33.2. The fourth-order valence-corrected chi connectivity index (χ4v) is 10.8. The van der Waals surface area contributed by atoms with Crippen LogP contribution in [0.3, 0.4) is 0 Å². The van der Waals surface area contributed by atoms with Gasteiger partial charge in [-0.15, -0.1) is 0 Å². The highest BCUT2D eigenvalue weighted by atomic mass is 15.2. The summed E-state index contributed by atoms with van der Waals surface area (Å²) in [5.74, 6) is 1.61. The molecule has 1 spiro atoms. The van der Waals surface area contributed by atoms with E-state index in [1.807, 2.05) is 12.1 Å². The van der Waals surface area contributed by atoms with Gasteiger partial charge in [0.2, 0.25) is 0 Å². The highest BCUT2D eigenvalue weighted by molar-refractivity contribution is 6.21. The Balaban J connectivity index is 1.10. The minimum atomic E-state index is -0.541. The Hall–Kier alpha value is -7.88. The number of fused-ring (bicyclic) bond motifs is 16. The molecule has 0 bridgehead atoms. The maximum atomic E-state index is 5.41. The third kappa shape index (κ3) is 4.86. The molecule has 3 nitrogen and oxygen atoms in total. The average molecular weight is 776 g/mol. The number of aliphatic imine (C=N–C) groups is 2. The van der Waals surface area contributed by atoms with Crippen molar-refractivity contribution in [2.75, 3.05) is 0 Å². The van der Waals surface area contributed by atoms with E-state index in [1.165, 1.54) is 71.4 Å². The number of hydrogen-bond acceptors (Lipinski definition) is 3. The predicted molar refractivity (Wildman–Crippen MR) is 253 cm³/mol. The van der Waals surface area contributed by atoms with Crippen LogP contribution in [0.25, 0.3) is 65.7 Å². The first-order valence-electron chi connectivity index (χ1n) is 21.1. The summed E-state index contributed by atoms with van der Waals surface area (Å²) in [5.41, 5.74) is 15.4. The van der Waals surface area contributed by atoms with Crippen LogP contribution in [-0.2, 0) is 5.41 Å². The molecule has 0 radical (unpaired) electrons. The van der Waals surface area contributed by atoms with Gasteiger partial charge in [-0.05, 0) is 112 Å². The first kappa shape index (κ1) is 34.0. The second-order valence-corrected chi connectivity index (χ2v) is 16.4. The van der Waals surface area contributed by atoms with Gasteiger partial charge in [0.25, 0.3) is 0 Å². The quantitative estimate of drug-likeness (QED) is 0.178. The van der Waals surface area contributed by atoms with Crippen molar-refractivity contribution < 1.29 is 0 Å². The highest BCUT2D eigenvalue weighted by Gasteiger charge is 2.53. The number of nitrogens with zero attached hydrogens (tertiary/aromatic N) is 2. The third-order valence-corrected chi connectivity index (χ3v) is 13.3. The third-order valence-electron chi connectivity index (χ3n) is 13.3. The zero-order chi connectivity index (χ0) is 40.1. The van der Waals surface area contributed by atoms with Crippen molar-refractivity contribution in [2.24, 2.45) is 9.98 Å². The molecule has 1 N–H and O–H groups in total. The van der Waals surface area contributed by atoms with Gasteiger partial charge in [0.1, 0.15) is 11.7 Å². The van der Waals surface area contributed by atoms with E-state index in [2.05, 4.69) is 206 Å². The number of nitrogens with one attached hydrogen (secondary N) is 1. The van der Waals surface area contributed by atoms with Gasteiger partial charge >= 0.3 is 0 Å². The van der Waals surface area contributed by atoms with Crippen molar-refractivity contribution in [2.45, 2.75) is 11.6 Å². The van der Waals surface area contributed by atoms with Crippen LogP contribution >= 0.6 is 0 Å². The lowest BCUT2D eigenvalue weighted by Gasteiger charge is -2.32. The smallest absolute Gasteiger partial charge is 0.169 e. The zero-order valence-corrected chi connectivity index (χ0v) is 33.2. The van der Waals surface area contributed by atoms with Gasteiger partial charge < -0.3 is 5.32 Å². The maximum absolute atomic E-state index is 5.41. The Morgan fingerprint density at radius 2 is 0.902 bits per heavy atom. The summed E-state index contributed by atoms with van der Waals surface area (Å²) >= 11 is 0. The van der Waals surface area contributed by atoms with E-state index >= 15 is 0 Å². The molecule has 2 unspecified atom stereocenters. The van der Waals surface area contributed by atoms with E-state index in [0.29, 0.717) is 0 Å². The molecule has 1 aliphatic heterocycles. The van der Waals surface area contributed by atoms with Crippen molar-refractivity contribution in [3.05, 3.63) is 251 Å². The lowest BCUT2D eigenvalue weighted by molar-refractivity contribution is 0.756. The van der Waals surface area contributed by atoms with Gasteiger partial charge in [-0.1, -0.05) is 194 Å². The van der Waals surface area contributed by atoms with Crippen molar-refractivity contribution in [3.63, 3.8) is 0 Å². The number of benzene rings is 10. The van der Waals surface area contributed by atoms with E-state index in [-0.39, 0.29) is 0 Å². The van der Waals surface area contributed by atoms with Crippen molar-refractivity contribution >= 4 is 44.0 Å². The normalized spacial score (nSPS) is 17.1. The summed E-state index contributed by atoms with van der Waals surface area (Å²) in [5, 5.41) is 11.3. The second-order valence-electron chi connectivity index (χ2n) is 16.4. The van der Waals surface area contributed by atoms with Crippen molar-refractivity contribution in [1.29, 1.82) is 0 Å². The van der Waals surface area contributed by atoms with Crippen LogP contribution in [0.4, 0.5) is 0 Å². The molecule has 0 aromatic heterocycles. The minimum absolute atomic E-state index is 0.403. The van der Waals surface area contributed by atoms with Crippen LogP contribution in [0.5, 0.6) is 0 Å². The minimum Gasteiger partial charge on any atom is -0.324 e. The van der Waals surface area contributed by atoms with Gasteiger partial charge in [-0.3, -0.25) is 0 Å². The van der Waals surface area contributed by atoms with Crippen molar-refractivity contribution in [3.8, 4) is 33.4 Å². The summed E-state index contributed by atoms with van der Waals surface area (Å²) in [4.78, 5) is 10.6. The van der Waals surface area contributed by atoms with Crippen molar-refractivity contribution in [1.82, 2.24) is 5.32 Å². The van der Waals surface area contributed by atoms with Gasteiger partial charge in [0.05, 0.1) is 5.41 Å². The molecule has 3 aliphatic rings. The topological polar surface area (TPSA) is 36.8 Å². The lowest BCUT2D eigenvalue weighted by Crippen LogP contribution is -2.36. The molecule has 10 aromatic carbocycles. The van der Waals surface area contributed by atoms with Crippen LogP contribution in [0.15, 0.2) is 222 Å². The van der Waals surface area contributed by atoms with Crippen LogP contribution < -0.4 is 5.32 Å². The Bertz CT molecular complexity index is 3510. The average Bonchev–Trinajstić information content (AvgIpc) is 3.82. The van der Waals surface area contributed by atoms with Crippen LogP contribution in [-0.4, -0.2) is 11.7 Å². The number of amidine groups is 2. The molecule has 0 fully saturated rings. The summed E-state index contributed by atoms with van der Waals surface area (Å²) in [6.07, 6.45) is -0.403. The van der Waals surface area contributed by atoms with Gasteiger partial charge in [0.15, 0.2) is 6.17 Å². The maximum Gasteiger partial charge on any atom is 0.169 e. The van der Waals surface area contributed by atoms with Crippen LogP contribution in [0.1, 0.15) is 45.1 Å². The summed E-state index contributed by atoms with van der Waals surface area (Å²) in [6.45, 7) is 0. The molecule has 0 saturated carbocycles. The molecule has 1 heterocycles. The van der Waals surface area contributed by atoms with E-state index in [1.54, 1.807) is 0 Å². The molecule has 2 aliphatic carbocycles. The van der Waals surface area contributed by atoms with Crippen LogP contribution in [0, 0.1) is 0 Å². The number of rotatable bonds is 4. The van der Waals surface area contributed by atoms with E-state index < -0.39 is 11.6 Å². The molecular weight excluding hydrogens is 739 g/mol. The summed E-state index contributed by atoms with van der Waals surface area (Å²) < 4.78 is 0. The fourth-order valence-electron chi connectivity index (χ4n) is 10.8. The van der Waals surface area contributed by atoms with E-state index in [9.17, 15) is 0 Å². The summed E-state index contributed by atoms with van der Waals surface area (Å²) in [7, 11) is 0. The molecule has 0 saturated heterocycles. The second kappa shape index (κ2) is 13.1. The highest BCUT2D eigenvalue weighted by Crippen LogP contribution is 2.65. The predicted octanol–water partition coefficient (Wildman–Crippen LogP) is 13.7. The fraction of sp³-hybridized carbons (Fsp3) is 0.0345. The molecular formula is C58H37N3. The Morgan fingerprint density at radius 3 is 1.66 bits per heavy atom. The molecule has 13 rings (SSSR count). The van der Waals surface area contributed by atoms with Gasteiger partial charge in [-0.25, -0.2) is 9.98 Å². The van der Waals surface area contributed by atoms with Gasteiger partial charge in [-0.2, -0.15) is 0 Å². The SMILES string of the molecule is c1ccc(C2=NC(c3ccccc3)N=C(c3cc4ccccc4cc3-c3ccc4c(c3)C3(c5ccccc5-4)c4ccccc4-c4c3c3ccccc3c3ccccc43)N2)cc1. The molecule has 61 heavy (non-hydrogen) atoms. The van der Waals surface area contributed by atoms with E-state index in [4.69, 9.17) is 9.98 Å². The van der Waals surface area contributed by atoms with Gasteiger partial charge in [0, 0.05) is 11.1 Å². The number of hydrogen-bond donors (Lipinski definition) is 1. The molecule has 0 amide bonds.